The molecule has 0 fully saturated rings. The highest BCUT2D eigenvalue weighted by atomic mass is 32.1. The summed E-state index contributed by atoms with van der Waals surface area (Å²) in [4.78, 5) is 4.67. The van der Waals surface area contributed by atoms with E-state index in [1.54, 1.807) is 18.4 Å². The van der Waals surface area contributed by atoms with Crippen LogP contribution in [0.25, 0.3) is 22.4 Å². The second-order valence-electron chi connectivity index (χ2n) is 6.96. The number of methoxy groups -OCH3 is 1. The number of nitrogens with zero attached hydrogens (tertiary/aromatic N) is 1. The molecular weight excluding hydrogens is 430 g/mol. The normalized spacial score (nSPS) is 16.5. The third kappa shape index (κ3) is 6.43. The van der Waals surface area contributed by atoms with Crippen molar-refractivity contribution in [3.63, 3.8) is 0 Å². The number of benzene rings is 2. The molecule has 7 nitrogen and oxygen atoms in total. The second kappa shape index (κ2) is 11.8. The van der Waals surface area contributed by atoms with E-state index >= 15 is 0 Å². The van der Waals surface area contributed by atoms with E-state index in [-0.39, 0.29) is 0 Å². The topological polar surface area (TPSA) is 68.3 Å². The quantitative estimate of drug-likeness (QED) is 0.581. The molecule has 0 atom stereocenters. The first-order valence-corrected chi connectivity index (χ1v) is 11.4. The number of fused-ring (bicyclic) bond motifs is 2. The van der Waals surface area contributed by atoms with E-state index in [1.807, 2.05) is 48.6 Å². The minimum absolute atomic E-state index is 0.430. The zero-order valence-corrected chi connectivity index (χ0v) is 18.9. The Morgan fingerprint density at radius 2 is 1.47 bits per heavy atom. The Morgan fingerprint density at radius 3 is 2.19 bits per heavy atom. The van der Waals surface area contributed by atoms with Gasteiger partial charge in [-0.2, -0.15) is 0 Å². The van der Waals surface area contributed by atoms with E-state index < -0.39 is 0 Å². The van der Waals surface area contributed by atoms with Crippen molar-refractivity contribution in [2.75, 3.05) is 60.0 Å². The largest absolute Gasteiger partial charge is 0.497 e. The van der Waals surface area contributed by atoms with Gasteiger partial charge in [0.25, 0.3) is 0 Å². The van der Waals surface area contributed by atoms with Crippen LogP contribution >= 0.6 is 11.3 Å². The Labute approximate surface area is 191 Å². The van der Waals surface area contributed by atoms with Crippen molar-refractivity contribution in [3.8, 4) is 17.2 Å². The zero-order valence-electron chi connectivity index (χ0n) is 18.1. The summed E-state index contributed by atoms with van der Waals surface area (Å²) < 4.78 is 34.7. The molecule has 0 unspecified atom stereocenters. The molecule has 0 saturated carbocycles. The lowest BCUT2D eigenvalue weighted by molar-refractivity contribution is 0.00708. The molecule has 32 heavy (non-hydrogen) atoms. The van der Waals surface area contributed by atoms with E-state index in [1.165, 1.54) is 0 Å². The van der Waals surface area contributed by atoms with E-state index in [4.69, 9.17) is 28.4 Å². The van der Waals surface area contributed by atoms with Gasteiger partial charge in [0.1, 0.15) is 24.0 Å². The fourth-order valence-electron chi connectivity index (χ4n) is 3.11. The Kier molecular flexibility index (Phi) is 8.33. The molecule has 2 aromatic carbocycles. The molecule has 0 radical (unpaired) electrons. The highest BCUT2D eigenvalue weighted by Crippen LogP contribution is 2.30. The number of rotatable bonds is 3. The van der Waals surface area contributed by atoms with Crippen LogP contribution in [0, 0.1) is 0 Å². The van der Waals surface area contributed by atoms with Crippen molar-refractivity contribution in [1.82, 2.24) is 4.98 Å². The lowest BCUT2D eigenvalue weighted by atomic mass is 10.2. The first-order chi connectivity index (χ1) is 15.8. The van der Waals surface area contributed by atoms with Crippen LogP contribution in [0.15, 0.2) is 36.4 Å². The maximum Gasteiger partial charge on any atom is 0.161 e. The summed E-state index contributed by atoms with van der Waals surface area (Å²) in [5.74, 6) is 2.17. The molecule has 0 aliphatic carbocycles. The minimum Gasteiger partial charge on any atom is -0.497 e. The van der Waals surface area contributed by atoms with Gasteiger partial charge in [-0.15, -0.1) is 11.3 Å². The average molecular weight is 458 g/mol. The summed E-state index contributed by atoms with van der Waals surface area (Å²) in [6.45, 7) is 4.01. The van der Waals surface area contributed by atoms with Crippen LogP contribution in [0.5, 0.6) is 17.2 Å². The average Bonchev–Trinajstić information content (AvgIpc) is 3.22. The predicted molar refractivity (Wildman–Crippen MR) is 125 cm³/mol. The van der Waals surface area contributed by atoms with Gasteiger partial charge in [0, 0.05) is 6.07 Å². The van der Waals surface area contributed by atoms with Crippen molar-refractivity contribution in [2.45, 2.75) is 0 Å². The van der Waals surface area contributed by atoms with Gasteiger partial charge in [-0.1, -0.05) is 12.1 Å². The Bertz CT molecular complexity index is 1030. The Hall–Kier alpha value is -2.65. The fourth-order valence-corrected chi connectivity index (χ4v) is 3.96. The zero-order chi connectivity index (χ0) is 22.0. The van der Waals surface area contributed by atoms with Crippen molar-refractivity contribution in [1.29, 1.82) is 0 Å². The molecular formula is C24H27NO6S. The fraction of sp³-hybridized carbons (Fsp3) is 0.375. The van der Waals surface area contributed by atoms with Crippen LogP contribution in [0.1, 0.15) is 10.6 Å². The van der Waals surface area contributed by atoms with Gasteiger partial charge in [0.15, 0.2) is 11.5 Å². The lowest BCUT2D eigenvalue weighted by Gasteiger charge is -2.13. The van der Waals surface area contributed by atoms with Gasteiger partial charge in [0.05, 0.1) is 57.0 Å². The molecule has 170 valence electrons. The van der Waals surface area contributed by atoms with E-state index in [2.05, 4.69) is 4.98 Å². The third-order valence-electron chi connectivity index (χ3n) is 4.71. The highest BCUT2D eigenvalue weighted by Gasteiger charge is 2.08. The Balaban J connectivity index is 1.46. The SMILES string of the molecule is COc1ccc2sc(/C=C/c3ccc4c(c3)OCCOCCOCCOCCO4)nc2c1. The van der Waals surface area contributed by atoms with Crippen molar-refractivity contribution in [3.05, 3.63) is 47.0 Å². The van der Waals surface area contributed by atoms with Crippen LogP contribution in [-0.4, -0.2) is 64.9 Å². The van der Waals surface area contributed by atoms with Gasteiger partial charge in [-0.25, -0.2) is 4.98 Å². The summed E-state index contributed by atoms with van der Waals surface area (Å²) >= 11 is 1.64. The standard InChI is InChI=1S/C24H27NO6S/c1-26-19-4-6-23-20(17-19)25-24(32-23)7-3-18-2-5-21-22(16-18)31-15-13-29-11-9-27-8-10-28-12-14-30-21/h2-7,16-17H,8-15H2,1H3/b7-3+. The predicted octanol–water partition coefficient (Wildman–Crippen LogP) is 4.30. The van der Waals surface area contributed by atoms with Gasteiger partial charge in [0.2, 0.25) is 0 Å². The van der Waals surface area contributed by atoms with Crippen molar-refractivity contribution in [2.24, 2.45) is 0 Å². The molecule has 0 saturated heterocycles. The molecule has 4 rings (SSSR count). The van der Waals surface area contributed by atoms with Crippen LogP contribution in [0.3, 0.4) is 0 Å². The molecule has 1 aliphatic heterocycles. The van der Waals surface area contributed by atoms with Gasteiger partial charge < -0.3 is 28.4 Å². The molecule has 2 heterocycles. The number of aromatic nitrogens is 1. The third-order valence-corrected chi connectivity index (χ3v) is 5.71. The van der Waals surface area contributed by atoms with E-state index in [0.717, 1.165) is 26.5 Å². The van der Waals surface area contributed by atoms with Crippen LogP contribution in [0.4, 0.5) is 0 Å². The monoisotopic (exact) mass is 457 g/mol. The first-order valence-electron chi connectivity index (χ1n) is 10.6. The van der Waals surface area contributed by atoms with E-state index in [0.29, 0.717) is 64.4 Å². The first kappa shape index (κ1) is 22.5. The van der Waals surface area contributed by atoms with Gasteiger partial charge >= 0.3 is 0 Å². The summed E-state index contributed by atoms with van der Waals surface area (Å²) in [7, 11) is 1.66. The van der Waals surface area contributed by atoms with Crippen LogP contribution < -0.4 is 14.2 Å². The van der Waals surface area contributed by atoms with Crippen molar-refractivity contribution < 1.29 is 28.4 Å². The lowest BCUT2D eigenvalue weighted by Crippen LogP contribution is -2.13. The molecule has 0 spiro atoms. The van der Waals surface area contributed by atoms with Crippen LogP contribution in [0.2, 0.25) is 0 Å². The highest BCUT2D eigenvalue weighted by molar-refractivity contribution is 7.19. The van der Waals surface area contributed by atoms with Gasteiger partial charge in [-0.05, 0) is 35.9 Å². The molecule has 0 bridgehead atoms. The smallest absolute Gasteiger partial charge is 0.161 e. The second-order valence-corrected chi connectivity index (χ2v) is 8.02. The number of thiazole rings is 1. The maximum absolute atomic E-state index is 5.94. The molecule has 0 N–H and O–H groups in total. The van der Waals surface area contributed by atoms with E-state index in [9.17, 15) is 0 Å². The number of hydrogen-bond donors (Lipinski definition) is 0. The number of hydrogen-bond acceptors (Lipinski definition) is 8. The molecule has 3 aromatic rings. The number of ether oxygens (including phenoxy) is 6. The molecule has 1 aliphatic rings. The van der Waals surface area contributed by atoms with Crippen LogP contribution in [-0.2, 0) is 14.2 Å². The maximum atomic E-state index is 5.94. The van der Waals surface area contributed by atoms with Crippen molar-refractivity contribution >= 4 is 33.7 Å². The molecule has 1 aromatic heterocycles. The minimum atomic E-state index is 0.430. The van der Waals surface area contributed by atoms with Gasteiger partial charge in [-0.3, -0.25) is 0 Å². The molecule has 0 amide bonds. The summed E-state index contributed by atoms with van der Waals surface area (Å²) in [6, 6.07) is 11.8. The molecule has 8 heteroatoms. The summed E-state index contributed by atoms with van der Waals surface area (Å²) in [5, 5.41) is 0.925. The Morgan fingerprint density at radius 1 is 0.781 bits per heavy atom. The summed E-state index contributed by atoms with van der Waals surface area (Å²) in [6.07, 6.45) is 4.02. The summed E-state index contributed by atoms with van der Waals surface area (Å²) in [5.41, 5.74) is 1.92.